The largest absolute Gasteiger partial charge is 0.493 e. The van der Waals surface area contributed by atoms with Crippen molar-refractivity contribution in [3.63, 3.8) is 0 Å². The number of hydrogen-bond donors (Lipinski definition) is 1. The topological polar surface area (TPSA) is 59.4 Å². The highest BCUT2D eigenvalue weighted by atomic mass is 32.1. The first-order chi connectivity index (χ1) is 10.5. The minimum atomic E-state index is -0.946. The second-order valence-corrected chi connectivity index (χ2v) is 5.85. The Bertz CT molecular complexity index is 673. The van der Waals surface area contributed by atoms with Crippen molar-refractivity contribution in [2.45, 2.75) is 26.2 Å². The van der Waals surface area contributed by atoms with Gasteiger partial charge in [0.1, 0.15) is 5.75 Å². The van der Waals surface area contributed by atoms with Crippen LogP contribution in [0.3, 0.4) is 0 Å². The van der Waals surface area contributed by atoms with Gasteiger partial charge < -0.3 is 9.84 Å². The predicted molar refractivity (Wildman–Crippen MR) is 78.4 cm³/mol. The van der Waals surface area contributed by atoms with Crippen LogP contribution in [0, 0.1) is 18.6 Å². The molecular formula is C15H15F2NO3S. The van der Waals surface area contributed by atoms with Crippen molar-refractivity contribution in [2.75, 3.05) is 6.61 Å². The molecule has 1 N–H and O–H groups in total. The van der Waals surface area contributed by atoms with E-state index in [-0.39, 0.29) is 18.8 Å². The van der Waals surface area contributed by atoms with Gasteiger partial charge >= 0.3 is 5.97 Å². The number of ether oxygens (including phenoxy) is 1. The van der Waals surface area contributed by atoms with Crippen LogP contribution in [0.15, 0.2) is 18.2 Å². The number of carbonyl (C=O) groups is 1. The van der Waals surface area contributed by atoms with Crippen LogP contribution in [0.1, 0.15) is 22.0 Å². The van der Waals surface area contributed by atoms with Crippen LogP contribution < -0.4 is 4.74 Å². The maximum absolute atomic E-state index is 13.0. The lowest BCUT2D eigenvalue weighted by molar-refractivity contribution is -0.136. The molecule has 0 aliphatic carbocycles. The van der Waals surface area contributed by atoms with E-state index in [1.807, 2.05) is 6.92 Å². The molecule has 0 amide bonds. The molecule has 0 fully saturated rings. The number of carboxylic acid groups (broad SMARTS) is 1. The lowest BCUT2D eigenvalue weighted by Gasteiger charge is -2.04. The molecule has 0 aliphatic rings. The molecule has 0 atom stereocenters. The van der Waals surface area contributed by atoms with Gasteiger partial charge in [-0.2, -0.15) is 0 Å². The fraction of sp³-hybridized carbons (Fsp3) is 0.333. The number of thiazole rings is 1. The summed E-state index contributed by atoms with van der Waals surface area (Å²) in [5.41, 5.74) is 0.828. The van der Waals surface area contributed by atoms with E-state index >= 15 is 0 Å². The van der Waals surface area contributed by atoms with E-state index in [4.69, 9.17) is 9.84 Å². The minimum absolute atomic E-state index is 0.0772. The molecule has 22 heavy (non-hydrogen) atoms. The van der Waals surface area contributed by atoms with E-state index in [2.05, 4.69) is 4.98 Å². The molecular weight excluding hydrogens is 312 g/mol. The van der Waals surface area contributed by atoms with Crippen LogP contribution in [-0.2, 0) is 17.6 Å². The number of hydrogen-bond acceptors (Lipinski definition) is 4. The van der Waals surface area contributed by atoms with Crippen molar-refractivity contribution in [1.82, 2.24) is 4.98 Å². The maximum atomic E-state index is 13.0. The molecule has 1 aromatic carbocycles. The quantitative estimate of drug-likeness (QED) is 0.847. The van der Waals surface area contributed by atoms with Crippen LogP contribution in [-0.4, -0.2) is 22.7 Å². The fourth-order valence-electron chi connectivity index (χ4n) is 1.87. The van der Waals surface area contributed by atoms with Crippen LogP contribution >= 0.6 is 11.3 Å². The number of aryl methyl sites for hydroxylation is 2. The summed E-state index contributed by atoms with van der Waals surface area (Å²) in [6.07, 6.45) is 1.06. The molecule has 0 saturated carbocycles. The summed E-state index contributed by atoms with van der Waals surface area (Å²) < 4.78 is 31.2. The molecule has 0 radical (unpaired) electrons. The monoisotopic (exact) mass is 327 g/mol. The number of aromatic nitrogens is 1. The van der Waals surface area contributed by atoms with Crippen molar-refractivity contribution < 1.29 is 23.4 Å². The van der Waals surface area contributed by atoms with Crippen molar-refractivity contribution in [2.24, 2.45) is 0 Å². The van der Waals surface area contributed by atoms with Gasteiger partial charge in [-0.1, -0.05) is 0 Å². The first-order valence-corrected chi connectivity index (χ1v) is 7.52. The molecule has 0 spiro atoms. The number of halogens is 2. The van der Waals surface area contributed by atoms with E-state index in [1.54, 1.807) is 0 Å². The lowest BCUT2D eigenvalue weighted by atomic mass is 10.2. The summed E-state index contributed by atoms with van der Waals surface area (Å²) in [5.74, 6) is -2.43. The number of benzene rings is 1. The summed E-state index contributed by atoms with van der Waals surface area (Å²) in [6.45, 7) is 2.13. The standard InChI is InChI=1S/C15H15F2NO3S/c1-9-13(4-5-15(19)20)22-14(18-9)6-7-21-10-2-3-11(16)12(17)8-10/h2-3,8H,4-7H2,1H3,(H,19,20). The molecule has 1 aromatic heterocycles. The van der Waals surface area contributed by atoms with Crippen LogP contribution in [0.2, 0.25) is 0 Å². The van der Waals surface area contributed by atoms with Crippen molar-refractivity contribution in [1.29, 1.82) is 0 Å². The molecule has 2 aromatic rings. The van der Waals surface area contributed by atoms with Crippen LogP contribution in [0.4, 0.5) is 8.78 Å². The van der Waals surface area contributed by atoms with Crippen LogP contribution in [0.25, 0.3) is 0 Å². The van der Waals surface area contributed by atoms with Crippen molar-refractivity contribution >= 4 is 17.3 Å². The van der Waals surface area contributed by atoms with Crippen molar-refractivity contribution in [3.8, 4) is 5.75 Å². The summed E-state index contributed by atoms with van der Waals surface area (Å²) in [6, 6.07) is 3.38. The minimum Gasteiger partial charge on any atom is -0.493 e. The first kappa shape index (κ1) is 16.4. The first-order valence-electron chi connectivity index (χ1n) is 6.70. The average molecular weight is 327 g/mol. The Kier molecular flexibility index (Phi) is 5.43. The fourth-order valence-corrected chi connectivity index (χ4v) is 2.92. The maximum Gasteiger partial charge on any atom is 0.303 e. The van der Waals surface area contributed by atoms with Gasteiger partial charge in [-0.3, -0.25) is 4.79 Å². The molecule has 0 bridgehead atoms. The van der Waals surface area contributed by atoms with Crippen molar-refractivity contribution in [3.05, 3.63) is 45.4 Å². The number of rotatable bonds is 7. The third-order valence-electron chi connectivity index (χ3n) is 2.98. The molecule has 2 rings (SSSR count). The van der Waals surface area contributed by atoms with Gasteiger partial charge in [0.25, 0.3) is 0 Å². The summed E-state index contributed by atoms with van der Waals surface area (Å²) in [5, 5.41) is 9.52. The highest BCUT2D eigenvalue weighted by Gasteiger charge is 2.10. The summed E-state index contributed by atoms with van der Waals surface area (Å²) >= 11 is 1.45. The summed E-state index contributed by atoms with van der Waals surface area (Å²) in [4.78, 5) is 15.9. The Hall–Kier alpha value is -2.02. The average Bonchev–Trinajstić information content (AvgIpc) is 2.81. The van der Waals surface area contributed by atoms with E-state index in [9.17, 15) is 13.6 Å². The molecule has 4 nitrogen and oxygen atoms in total. The van der Waals surface area contributed by atoms with E-state index in [0.29, 0.717) is 12.8 Å². The second-order valence-electron chi connectivity index (χ2n) is 4.68. The highest BCUT2D eigenvalue weighted by Crippen LogP contribution is 2.21. The SMILES string of the molecule is Cc1nc(CCOc2ccc(F)c(F)c2)sc1CCC(=O)O. The zero-order chi connectivity index (χ0) is 16.1. The van der Waals surface area contributed by atoms with Crippen LogP contribution in [0.5, 0.6) is 5.75 Å². The Morgan fingerprint density at radius 3 is 2.77 bits per heavy atom. The van der Waals surface area contributed by atoms with Gasteiger partial charge in [-0.05, 0) is 25.5 Å². The van der Waals surface area contributed by atoms with E-state index < -0.39 is 17.6 Å². The zero-order valence-corrected chi connectivity index (χ0v) is 12.8. The molecule has 0 saturated heterocycles. The third-order valence-corrected chi connectivity index (χ3v) is 4.26. The van der Waals surface area contributed by atoms with E-state index in [0.717, 1.165) is 27.7 Å². The zero-order valence-electron chi connectivity index (χ0n) is 11.9. The second kappa shape index (κ2) is 7.31. The van der Waals surface area contributed by atoms with Gasteiger partial charge in [0.05, 0.1) is 23.7 Å². The number of aliphatic carboxylic acids is 1. The number of carboxylic acids is 1. The Morgan fingerprint density at radius 1 is 1.32 bits per heavy atom. The smallest absolute Gasteiger partial charge is 0.303 e. The Labute approximate surface area is 130 Å². The molecule has 1 heterocycles. The lowest BCUT2D eigenvalue weighted by Crippen LogP contribution is -2.01. The predicted octanol–water partition coefficient (Wildman–Crippen LogP) is 3.37. The normalized spacial score (nSPS) is 10.7. The molecule has 0 unspecified atom stereocenters. The molecule has 7 heteroatoms. The van der Waals surface area contributed by atoms with E-state index in [1.165, 1.54) is 17.4 Å². The Morgan fingerprint density at radius 2 is 2.09 bits per heavy atom. The third kappa shape index (κ3) is 4.49. The Balaban J connectivity index is 1.87. The molecule has 0 aliphatic heterocycles. The summed E-state index contributed by atoms with van der Waals surface area (Å²) in [7, 11) is 0. The van der Waals surface area contributed by atoms with Gasteiger partial charge in [0.15, 0.2) is 11.6 Å². The van der Waals surface area contributed by atoms with Gasteiger partial charge in [0.2, 0.25) is 0 Å². The molecule has 118 valence electrons. The van der Waals surface area contributed by atoms with Gasteiger partial charge in [-0.15, -0.1) is 11.3 Å². The number of nitrogens with zero attached hydrogens (tertiary/aromatic N) is 1. The highest BCUT2D eigenvalue weighted by molar-refractivity contribution is 7.11. The van der Waals surface area contributed by atoms with Gasteiger partial charge in [-0.25, -0.2) is 13.8 Å². The van der Waals surface area contributed by atoms with Gasteiger partial charge in [0, 0.05) is 17.4 Å².